The van der Waals surface area contributed by atoms with Crippen LogP contribution in [0.15, 0.2) is 24.3 Å². The normalized spacial score (nSPS) is 22.8. The molecule has 3 rings (SSSR count). The summed E-state index contributed by atoms with van der Waals surface area (Å²) in [7, 11) is 0. The van der Waals surface area contributed by atoms with E-state index in [9.17, 15) is 4.79 Å². The summed E-state index contributed by atoms with van der Waals surface area (Å²) in [5, 5.41) is 6.56. The Morgan fingerprint density at radius 3 is 2.48 bits per heavy atom. The molecule has 0 saturated carbocycles. The molecule has 2 saturated heterocycles. The number of hydrogen-bond donors (Lipinski definition) is 2. The zero-order valence-corrected chi connectivity index (χ0v) is 17.0. The molecule has 2 unspecified atom stereocenters. The number of nitrogens with one attached hydrogen (secondary N) is 2. The maximum atomic E-state index is 12.3. The van der Waals surface area contributed by atoms with Crippen LogP contribution in [-0.4, -0.2) is 37.0 Å². The Morgan fingerprint density at radius 2 is 1.81 bits per heavy atom. The van der Waals surface area contributed by atoms with Crippen LogP contribution in [0.3, 0.4) is 0 Å². The van der Waals surface area contributed by atoms with Crippen LogP contribution in [-0.2, 0) is 17.9 Å². The average Bonchev–Trinajstić information content (AvgIpc) is 2.97. The zero-order valence-electron chi connectivity index (χ0n) is 17.0. The maximum absolute atomic E-state index is 12.3. The molecule has 27 heavy (non-hydrogen) atoms. The van der Waals surface area contributed by atoms with Gasteiger partial charge in [-0.15, -0.1) is 0 Å². The largest absolute Gasteiger partial charge is 0.352 e. The van der Waals surface area contributed by atoms with Gasteiger partial charge in [0.2, 0.25) is 5.91 Å². The predicted octanol–water partition coefficient (Wildman–Crippen LogP) is 3.70. The molecule has 0 bridgehead atoms. The molecule has 0 radical (unpaired) electrons. The van der Waals surface area contributed by atoms with Crippen LogP contribution in [0.1, 0.15) is 63.0 Å². The number of rotatable bonds is 7. The van der Waals surface area contributed by atoms with E-state index in [-0.39, 0.29) is 5.91 Å². The molecule has 0 aliphatic carbocycles. The number of benzene rings is 1. The highest BCUT2D eigenvalue weighted by Crippen LogP contribution is 2.22. The Labute approximate surface area is 165 Å². The van der Waals surface area contributed by atoms with Crippen molar-refractivity contribution in [3.05, 3.63) is 35.4 Å². The van der Waals surface area contributed by atoms with Crippen molar-refractivity contribution >= 4 is 5.91 Å². The van der Waals surface area contributed by atoms with Gasteiger partial charge in [0.05, 0.1) is 0 Å². The third-order valence-corrected chi connectivity index (χ3v) is 6.26. The lowest BCUT2D eigenvalue weighted by molar-refractivity contribution is -0.122. The van der Waals surface area contributed by atoms with Gasteiger partial charge in [-0.05, 0) is 74.8 Å². The van der Waals surface area contributed by atoms with Gasteiger partial charge in [-0.2, -0.15) is 0 Å². The highest BCUT2D eigenvalue weighted by atomic mass is 16.1. The first-order valence-corrected chi connectivity index (χ1v) is 11.0. The lowest BCUT2D eigenvalue weighted by Gasteiger charge is -2.28. The fraction of sp³-hybridized carbons (Fsp3) is 0.696. The highest BCUT2D eigenvalue weighted by Gasteiger charge is 2.21. The number of likely N-dealkylation sites (tertiary alicyclic amines) is 1. The molecule has 0 aromatic heterocycles. The molecule has 1 aromatic carbocycles. The van der Waals surface area contributed by atoms with Gasteiger partial charge in [-0.25, -0.2) is 0 Å². The lowest BCUT2D eigenvalue weighted by atomic mass is 9.85. The van der Waals surface area contributed by atoms with Gasteiger partial charge in [0.15, 0.2) is 0 Å². The third-order valence-electron chi connectivity index (χ3n) is 6.26. The zero-order chi connectivity index (χ0) is 18.9. The molecule has 2 atom stereocenters. The number of nitrogens with zero attached hydrogens (tertiary/aromatic N) is 1. The van der Waals surface area contributed by atoms with E-state index in [0.29, 0.717) is 24.8 Å². The van der Waals surface area contributed by atoms with Crippen LogP contribution < -0.4 is 10.6 Å². The van der Waals surface area contributed by atoms with E-state index in [1.807, 2.05) is 0 Å². The first-order chi connectivity index (χ1) is 13.2. The van der Waals surface area contributed by atoms with Gasteiger partial charge in [-0.1, -0.05) is 44.0 Å². The van der Waals surface area contributed by atoms with E-state index in [1.165, 1.54) is 62.7 Å². The molecule has 2 aliphatic rings. The van der Waals surface area contributed by atoms with E-state index in [2.05, 4.69) is 46.7 Å². The Morgan fingerprint density at radius 1 is 1.11 bits per heavy atom. The van der Waals surface area contributed by atoms with Gasteiger partial charge in [0.25, 0.3) is 0 Å². The molecule has 4 heteroatoms. The minimum atomic E-state index is 0.182. The molecule has 2 fully saturated rings. The summed E-state index contributed by atoms with van der Waals surface area (Å²) >= 11 is 0. The summed E-state index contributed by atoms with van der Waals surface area (Å²) < 4.78 is 0. The Hall–Kier alpha value is -1.39. The number of amides is 1. The van der Waals surface area contributed by atoms with Crippen LogP contribution in [0.25, 0.3) is 0 Å². The molecule has 1 amide bonds. The van der Waals surface area contributed by atoms with Crippen LogP contribution in [0, 0.1) is 11.8 Å². The second-order valence-corrected chi connectivity index (χ2v) is 8.57. The average molecular weight is 372 g/mol. The number of piperidine rings is 1. The van der Waals surface area contributed by atoms with Crippen molar-refractivity contribution in [3.63, 3.8) is 0 Å². The summed E-state index contributed by atoms with van der Waals surface area (Å²) in [5.41, 5.74) is 2.57. The monoisotopic (exact) mass is 371 g/mol. The van der Waals surface area contributed by atoms with Crippen molar-refractivity contribution in [1.29, 1.82) is 0 Å². The molecule has 2 heterocycles. The van der Waals surface area contributed by atoms with Gasteiger partial charge < -0.3 is 10.6 Å². The molecule has 150 valence electrons. The van der Waals surface area contributed by atoms with Crippen LogP contribution in [0.5, 0.6) is 0 Å². The molecule has 4 nitrogen and oxygen atoms in total. The molecule has 1 aromatic rings. The predicted molar refractivity (Wildman–Crippen MR) is 111 cm³/mol. The first kappa shape index (κ1) is 20.3. The van der Waals surface area contributed by atoms with Gasteiger partial charge in [0.1, 0.15) is 0 Å². The summed E-state index contributed by atoms with van der Waals surface area (Å²) in [4.78, 5) is 14.9. The fourth-order valence-electron chi connectivity index (χ4n) is 4.41. The summed E-state index contributed by atoms with van der Waals surface area (Å²) in [6, 6.07) is 8.79. The smallest absolute Gasteiger partial charge is 0.220 e. The quantitative estimate of drug-likeness (QED) is 0.768. The fourth-order valence-corrected chi connectivity index (χ4v) is 4.41. The van der Waals surface area contributed by atoms with E-state index >= 15 is 0 Å². The van der Waals surface area contributed by atoms with Gasteiger partial charge in [0, 0.05) is 19.5 Å². The van der Waals surface area contributed by atoms with E-state index < -0.39 is 0 Å². The molecular weight excluding hydrogens is 334 g/mol. The Balaban J connectivity index is 1.39. The molecule has 0 spiro atoms. The van der Waals surface area contributed by atoms with E-state index in [4.69, 9.17) is 0 Å². The van der Waals surface area contributed by atoms with Crippen LogP contribution >= 0.6 is 0 Å². The molecule has 2 aliphatic heterocycles. The van der Waals surface area contributed by atoms with Gasteiger partial charge >= 0.3 is 0 Å². The maximum Gasteiger partial charge on any atom is 0.220 e. The summed E-state index contributed by atoms with van der Waals surface area (Å²) in [6.07, 6.45) is 8.55. The van der Waals surface area contributed by atoms with E-state index in [1.54, 1.807) is 0 Å². The van der Waals surface area contributed by atoms with Crippen molar-refractivity contribution in [1.82, 2.24) is 15.5 Å². The number of carbonyl (C=O) groups excluding carboxylic acids is 1. The number of hydrogen-bond acceptors (Lipinski definition) is 3. The third kappa shape index (κ3) is 6.93. The van der Waals surface area contributed by atoms with Crippen molar-refractivity contribution < 1.29 is 4.79 Å². The Kier molecular flexibility index (Phi) is 8.15. The van der Waals surface area contributed by atoms with Crippen molar-refractivity contribution in [2.75, 3.05) is 26.2 Å². The van der Waals surface area contributed by atoms with Crippen LogP contribution in [0.4, 0.5) is 0 Å². The lowest BCUT2D eigenvalue weighted by Crippen LogP contribution is -2.35. The topological polar surface area (TPSA) is 44.4 Å². The standard InChI is InChI=1S/C23H37N3O/c1-19(22-7-6-12-24-17-22)15-23(27)25-16-20-8-10-21(11-9-20)18-26-13-4-2-3-5-14-26/h8-11,19,22,24H,2-7,12-18H2,1H3,(H,25,27). The summed E-state index contributed by atoms with van der Waals surface area (Å²) in [5.74, 6) is 1.28. The SMILES string of the molecule is CC(CC(=O)NCc1ccc(CN2CCCCCC2)cc1)C1CCCNC1. The van der Waals surface area contributed by atoms with Crippen molar-refractivity contribution in [2.24, 2.45) is 11.8 Å². The summed E-state index contributed by atoms with van der Waals surface area (Å²) in [6.45, 7) is 8.56. The minimum Gasteiger partial charge on any atom is -0.352 e. The Bertz CT molecular complexity index is 557. The molecule has 2 N–H and O–H groups in total. The first-order valence-electron chi connectivity index (χ1n) is 11.0. The molecular formula is C23H37N3O. The van der Waals surface area contributed by atoms with Crippen LogP contribution in [0.2, 0.25) is 0 Å². The number of carbonyl (C=O) groups is 1. The van der Waals surface area contributed by atoms with Crippen molar-refractivity contribution in [3.8, 4) is 0 Å². The van der Waals surface area contributed by atoms with Gasteiger partial charge in [-0.3, -0.25) is 9.69 Å². The van der Waals surface area contributed by atoms with E-state index in [0.717, 1.165) is 19.6 Å². The highest BCUT2D eigenvalue weighted by molar-refractivity contribution is 5.76. The second-order valence-electron chi connectivity index (χ2n) is 8.57. The minimum absolute atomic E-state index is 0.182. The van der Waals surface area contributed by atoms with Crippen molar-refractivity contribution in [2.45, 2.75) is 65.0 Å². The second kappa shape index (κ2) is 10.8.